The molecule has 0 aliphatic rings. The van der Waals surface area contributed by atoms with E-state index in [1.165, 1.54) is 13.1 Å². The lowest BCUT2D eigenvalue weighted by atomic mass is 10.1. The van der Waals surface area contributed by atoms with Crippen molar-refractivity contribution in [1.29, 1.82) is 0 Å². The second-order valence-corrected chi connectivity index (χ2v) is 5.47. The van der Waals surface area contributed by atoms with Crippen LogP contribution in [0.15, 0.2) is 53.2 Å². The minimum atomic E-state index is -0.394. The van der Waals surface area contributed by atoms with Crippen molar-refractivity contribution in [3.8, 4) is 0 Å². The summed E-state index contributed by atoms with van der Waals surface area (Å²) in [7, 11) is 0. The Labute approximate surface area is 144 Å². The van der Waals surface area contributed by atoms with E-state index in [9.17, 15) is 9.59 Å². The largest absolute Gasteiger partial charge is 0.360 e. The molecule has 126 valence electrons. The number of nitrogens with zero attached hydrogens (tertiary/aromatic N) is 2. The third-order valence-corrected chi connectivity index (χ3v) is 3.42. The van der Waals surface area contributed by atoms with Crippen LogP contribution in [0.3, 0.4) is 0 Å². The predicted molar refractivity (Wildman–Crippen MR) is 93.2 cm³/mol. The van der Waals surface area contributed by atoms with Crippen molar-refractivity contribution in [2.75, 3.05) is 10.6 Å². The van der Waals surface area contributed by atoms with Crippen LogP contribution in [0, 0.1) is 6.92 Å². The molecule has 0 atom stereocenters. The number of aromatic nitrogens is 2. The summed E-state index contributed by atoms with van der Waals surface area (Å²) < 4.78 is 4.91. The van der Waals surface area contributed by atoms with Gasteiger partial charge < -0.3 is 15.2 Å². The van der Waals surface area contributed by atoms with Gasteiger partial charge in [0, 0.05) is 29.2 Å². The fraction of sp³-hybridized carbons (Fsp3) is 0.111. The number of aryl methyl sites for hydroxylation is 1. The number of benzene rings is 1. The Morgan fingerprint density at radius 2 is 1.88 bits per heavy atom. The highest BCUT2D eigenvalue weighted by molar-refractivity contribution is 6.02. The first kappa shape index (κ1) is 16.4. The second kappa shape index (κ2) is 6.96. The van der Waals surface area contributed by atoms with Crippen LogP contribution in [-0.4, -0.2) is 21.8 Å². The molecule has 2 N–H and O–H groups in total. The molecule has 1 amide bonds. The molecule has 3 aromatic rings. The number of carbonyl (C=O) groups excluding carboxylic acids is 2. The third-order valence-electron chi connectivity index (χ3n) is 3.42. The van der Waals surface area contributed by atoms with Crippen molar-refractivity contribution in [2.24, 2.45) is 0 Å². The molecule has 2 heterocycles. The molecule has 0 bridgehead atoms. The summed E-state index contributed by atoms with van der Waals surface area (Å²) in [5, 5.41) is 9.49. The van der Waals surface area contributed by atoms with Crippen LogP contribution < -0.4 is 10.6 Å². The Bertz CT molecular complexity index is 933. The summed E-state index contributed by atoms with van der Waals surface area (Å²) in [5.74, 6) is 0.525. The molecule has 25 heavy (non-hydrogen) atoms. The van der Waals surface area contributed by atoms with E-state index >= 15 is 0 Å². The highest BCUT2D eigenvalue weighted by Gasteiger charge is 2.11. The number of rotatable bonds is 5. The van der Waals surface area contributed by atoms with Gasteiger partial charge in [-0.3, -0.25) is 14.6 Å². The monoisotopic (exact) mass is 336 g/mol. The molecule has 0 fully saturated rings. The van der Waals surface area contributed by atoms with Gasteiger partial charge in [-0.05, 0) is 38.1 Å². The van der Waals surface area contributed by atoms with Crippen molar-refractivity contribution in [3.63, 3.8) is 0 Å². The summed E-state index contributed by atoms with van der Waals surface area (Å²) >= 11 is 0. The number of ketones is 1. The summed E-state index contributed by atoms with van der Waals surface area (Å²) in [4.78, 5) is 27.8. The number of pyridine rings is 1. The predicted octanol–water partition coefficient (Wildman–Crippen LogP) is 3.58. The summed E-state index contributed by atoms with van der Waals surface area (Å²) in [5.41, 5.74) is 2.27. The van der Waals surface area contributed by atoms with E-state index < -0.39 is 5.91 Å². The highest BCUT2D eigenvalue weighted by atomic mass is 16.5. The van der Waals surface area contributed by atoms with Crippen LogP contribution in [0.5, 0.6) is 0 Å². The number of Topliss-reactive ketones (excluding diaryl/α,β-unsaturated/α-hetero) is 1. The van der Waals surface area contributed by atoms with Gasteiger partial charge in [-0.1, -0.05) is 17.3 Å². The number of amides is 1. The number of carbonyl (C=O) groups is 2. The van der Waals surface area contributed by atoms with Crippen LogP contribution >= 0.6 is 0 Å². The van der Waals surface area contributed by atoms with Crippen molar-refractivity contribution in [2.45, 2.75) is 13.8 Å². The number of nitrogens with one attached hydrogen (secondary N) is 2. The first-order chi connectivity index (χ1) is 12.0. The lowest BCUT2D eigenvalue weighted by Gasteiger charge is -2.08. The van der Waals surface area contributed by atoms with Gasteiger partial charge in [-0.15, -0.1) is 0 Å². The molecule has 7 heteroatoms. The van der Waals surface area contributed by atoms with Crippen LogP contribution in [-0.2, 0) is 0 Å². The molecule has 2 aromatic heterocycles. The second-order valence-electron chi connectivity index (χ2n) is 5.47. The Hall–Kier alpha value is -3.48. The van der Waals surface area contributed by atoms with Gasteiger partial charge in [-0.25, -0.2) is 0 Å². The Balaban J connectivity index is 1.76. The van der Waals surface area contributed by atoms with Gasteiger partial charge in [0.1, 0.15) is 11.5 Å². The van der Waals surface area contributed by atoms with Crippen molar-refractivity contribution in [1.82, 2.24) is 10.1 Å². The summed E-state index contributed by atoms with van der Waals surface area (Å²) in [6.45, 7) is 3.25. The summed E-state index contributed by atoms with van der Waals surface area (Å²) in [6.07, 6.45) is 1.53. The smallest absolute Gasteiger partial charge is 0.275 e. The van der Waals surface area contributed by atoms with E-state index in [0.717, 1.165) is 5.69 Å². The Morgan fingerprint density at radius 1 is 1.08 bits per heavy atom. The van der Waals surface area contributed by atoms with E-state index in [0.29, 0.717) is 22.8 Å². The SMILES string of the molecule is CC(=O)c1cccc(Nc2ccnc(C(=O)Nc3cc(C)on3)c2)c1. The average Bonchev–Trinajstić information content (AvgIpc) is 3.00. The quantitative estimate of drug-likeness (QED) is 0.691. The molecule has 0 radical (unpaired) electrons. The molecule has 0 saturated carbocycles. The van der Waals surface area contributed by atoms with E-state index in [1.54, 1.807) is 43.3 Å². The molecule has 0 spiro atoms. The van der Waals surface area contributed by atoms with Gasteiger partial charge in [0.2, 0.25) is 0 Å². The maximum Gasteiger partial charge on any atom is 0.275 e. The van der Waals surface area contributed by atoms with Gasteiger partial charge in [0.25, 0.3) is 5.91 Å². The molecule has 0 saturated heterocycles. The normalized spacial score (nSPS) is 10.3. The lowest BCUT2D eigenvalue weighted by molar-refractivity contribution is 0.101. The van der Waals surface area contributed by atoms with Crippen LogP contribution in [0.25, 0.3) is 0 Å². The zero-order chi connectivity index (χ0) is 17.8. The highest BCUT2D eigenvalue weighted by Crippen LogP contribution is 2.19. The maximum absolute atomic E-state index is 12.2. The van der Waals surface area contributed by atoms with E-state index in [-0.39, 0.29) is 11.5 Å². The van der Waals surface area contributed by atoms with Gasteiger partial charge in [0.15, 0.2) is 11.6 Å². The van der Waals surface area contributed by atoms with Crippen LogP contribution in [0.1, 0.15) is 33.5 Å². The number of hydrogen-bond donors (Lipinski definition) is 2. The molecule has 0 unspecified atom stereocenters. The standard InChI is InChI=1S/C18H16N4O3/c1-11-8-17(22-25-11)21-18(24)16-10-15(6-7-19-16)20-14-5-3-4-13(9-14)12(2)23/h3-10H,1-2H3,(H,19,20)(H,21,22,24). The summed E-state index contributed by atoms with van der Waals surface area (Å²) in [6, 6.07) is 12.1. The van der Waals surface area contributed by atoms with Gasteiger partial charge >= 0.3 is 0 Å². The minimum absolute atomic E-state index is 0.0126. The average molecular weight is 336 g/mol. The van der Waals surface area contributed by atoms with Crippen LogP contribution in [0.2, 0.25) is 0 Å². The van der Waals surface area contributed by atoms with Crippen molar-refractivity contribution >= 4 is 28.9 Å². The zero-order valence-corrected chi connectivity index (χ0v) is 13.7. The van der Waals surface area contributed by atoms with Gasteiger partial charge in [0.05, 0.1) is 0 Å². The maximum atomic E-state index is 12.2. The minimum Gasteiger partial charge on any atom is -0.360 e. The molecule has 0 aliphatic carbocycles. The molecular weight excluding hydrogens is 320 g/mol. The third kappa shape index (κ3) is 4.08. The molecule has 1 aromatic carbocycles. The topological polar surface area (TPSA) is 97.1 Å². The molecular formula is C18H16N4O3. The van der Waals surface area contributed by atoms with E-state index in [2.05, 4.69) is 20.8 Å². The number of anilines is 3. The fourth-order valence-corrected chi connectivity index (χ4v) is 2.22. The van der Waals surface area contributed by atoms with Crippen LogP contribution in [0.4, 0.5) is 17.2 Å². The van der Waals surface area contributed by atoms with Crippen molar-refractivity contribution < 1.29 is 14.1 Å². The molecule has 7 nitrogen and oxygen atoms in total. The first-order valence-corrected chi connectivity index (χ1v) is 7.60. The van der Waals surface area contributed by atoms with Crippen molar-refractivity contribution in [3.05, 3.63) is 65.7 Å². The molecule has 3 rings (SSSR count). The van der Waals surface area contributed by atoms with E-state index in [1.807, 2.05) is 6.07 Å². The zero-order valence-electron chi connectivity index (χ0n) is 13.7. The number of hydrogen-bond acceptors (Lipinski definition) is 6. The Morgan fingerprint density at radius 3 is 2.60 bits per heavy atom. The fourth-order valence-electron chi connectivity index (χ4n) is 2.22. The Kier molecular flexibility index (Phi) is 4.56. The van der Waals surface area contributed by atoms with Gasteiger partial charge in [-0.2, -0.15) is 0 Å². The molecule has 0 aliphatic heterocycles. The van der Waals surface area contributed by atoms with E-state index in [4.69, 9.17) is 4.52 Å². The lowest BCUT2D eigenvalue weighted by Crippen LogP contribution is -2.14. The first-order valence-electron chi connectivity index (χ1n) is 7.60.